The molecule has 0 saturated heterocycles. The van der Waals surface area contributed by atoms with Crippen LogP contribution in [-0.4, -0.2) is 23.2 Å². The van der Waals surface area contributed by atoms with E-state index in [-0.39, 0.29) is 5.91 Å². The molecule has 0 saturated carbocycles. The molecule has 0 aromatic heterocycles. The number of amides is 1. The number of rotatable bonds is 6. The molecule has 3 heteroatoms. The van der Waals surface area contributed by atoms with Crippen molar-refractivity contribution in [1.82, 2.24) is 5.32 Å². The third-order valence-electron chi connectivity index (χ3n) is 3.98. The second-order valence-corrected chi connectivity index (χ2v) is 6.16. The number of hydrogen-bond donors (Lipinski definition) is 2. The highest BCUT2D eigenvalue weighted by atomic mass is 16.3. The fourth-order valence-electron chi connectivity index (χ4n) is 2.90. The number of carbonyl (C=O) groups is 1. The molecule has 1 atom stereocenters. The van der Waals surface area contributed by atoms with Gasteiger partial charge in [0.2, 0.25) is 5.91 Å². The lowest BCUT2D eigenvalue weighted by molar-refractivity contribution is -0.121. The molecule has 0 bridgehead atoms. The van der Waals surface area contributed by atoms with E-state index in [0.717, 1.165) is 18.4 Å². The van der Waals surface area contributed by atoms with Crippen molar-refractivity contribution in [1.29, 1.82) is 0 Å². The van der Waals surface area contributed by atoms with Gasteiger partial charge in [-0.25, -0.2) is 0 Å². The van der Waals surface area contributed by atoms with Crippen LogP contribution in [0.2, 0.25) is 0 Å². The molecule has 0 aliphatic heterocycles. The van der Waals surface area contributed by atoms with Gasteiger partial charge in [0.1, 0.15) is 0 Å². The highest BCUT2D eigenvalue weighted by Gasteiger charge is 2.20. The van der Waals surface area contributed by atoms with Gasteiger partial charge < -0.3 is 10.4 Å². The predicted octanol–water partition coefficient (Wildman–Crippen LogP) is 2.39. The molecule has 1 unspecified atom stereocenters. The van der Waals surface area contributed by atoms with Crippen LogP contribution >= 0.6 is 0 Å². The molecule has 1 aromatic rings. The smallest absolute Gasteiger partial charge is 0.224 e. The Bertz CT molecular complexity index is 480. The van der Waals surface area contributed by atoms with Gasteiger partial charge in [-0.3, -0.25) is 4.79 Å². The van der Waals surface area contributed by atoms with Crippen LogP contribution in [0.15, 0.2) is 18.2 Å². The van der Waals surface area contributed by atoms with Crippen molar-refractivity contribution in [3.8, 4) is 0 Å². The van der Waals surface area contributed by atoms with E-state index in [1.807, 2.05) is 13.0 Å². The molecule has 2 N–H and O–H groups in total. The molecule has 3 nitrogen and oxygen atoms in total. The van der Waals surface area contributed by atoms with Crippen molar-refractivity contribution in [3.05, 3.63) is 34.9 Å². The summed E-state index contributed by atoms with van der Waals surface area (Å²) in [5.74, 6) is -0.0145. The Morgan fingerprint density at radius 2 is 2.10 bits per heavy atom. The maximum absolute atomic E-state index is 11.9. The number of aliphatic hydroxyl groups is 1. The molecule has 0 spiro atoms. The number of carbonyl (C=O) groups excluding carboxylic acids is 1. The Labute approximate surface area is 121 Å². The first kappa shape index (κ1) is 15.0. The summed E-state index contributed by atoms with van der Waals surface area (Å²) < 4.78 is 0. The van der Waals surface area contributed by atoms with E-state index in [1.54, 1.807) is 6.92 Å². The van der Waals surface area contributed by atoms with Crippen LogP contribution in [0.4, 0.5) is 0 Å². The van der Waals surface area contributed by atoms with E-state index < -0.39 is 5.60 Å². The fourth-order valence-corrected chi connectivity index (χ4v) is 2.90. The molecule has 1 amide bonds. The Morgan fingerprint density at radius 1 is 1.35 bits per heavy atom. The van der Waals surface area contributed by atoms with Crippen LogP contribution in [0.5, 0.6) is 0 Å². The Morgan fingerprint density at radius 3 is 2.85 bits per heavy atom. The molecule has 20 heavy (non-hydrogen) atoms. The van der Waals surface area contributed by atoms with Crippen molar-refractivity contribution in [2.45, 2.75) is 58.0 Å². The highest BCUT2D eigenvalue weighted by molar-refractivity contribution is 5.78. The lowest BCUT2D eigenvalue weighted by Gasteiger charge is -2.22. The van der Waals surface area contributed by atoms with Gasteiger partial charge in [-0.15, -0.1) is 0 Å². The van der Waals surface area contributed by atoms with Crippen molar-refractivity contribution in [2.24, 2.45) is 0 Å². The topological polar surface area (TPSA) is 49.3 Å². The molecular weight excluding hydrogens is 250 g/mol. The first-order valence-electron chi connectivity index (χ1n) is 7.60. The molecule has 1 aromatic carbocycles. The average Bonchev–Trinajstić information content (AvgIpc) is 2.84. The van der Waals surface area contributed by atoms with Gasteiger partial charge in [-0.1, -0.05) is 31.5 Å². The summed E-state index contributed by atoms with van der Waals surface area (Å²) in [7, 11) is 0. The van der Waals surface area contributed by atoms with Crippen molar-refractivity contribution < 1.29 is 9.90 Å². The normalized spacial score (nSPS) is 16.6. The zero-order valence-corrected chi connectivity index (χ0v) is 12.5. The maximum Gasteiger partial charge on any atom is 0.224 e. The standard InChI is InChI=1S/C17H25NO2/c1-3-9-17(2,20)12-18-16(19)11-13-7-8-14-5-4-6-15(14)10-13/h7-8,10,20H,3-6,9,11-12H2,1-2H3,(H,18,19). The van der Waals surface area contributed by atoms with Gasteiger partial charge in [-0.2, -0.15) is 0 Å². The van der Waals surface area contributed by atoms with E-state index in [0.29, 0.717) is 19.4 Å². The third-order valence-corrected chi connectivity index (χ3v) is 3.98. The van der Waals surface area contributed by atoms with Gasteiger partial charge in [0, 0.05) is 6.54 Å². The van der Waals surface area contributed by atoms with Crippen LogP contribution in [0.3, 0.4) is 0 Å². The van der Waals surface area contributed by atoms with E-state index in [1.165, 1.54) is 24.0 Å². The third kappa shape index (κ3) is 4.07. The maximum atomic E-state index is 11.9. The number of fused-ring (bicyclic) bond motifs is 1. The summed E-state index contributed by atoms with van der Waals surface area (Å²) in [6.07, 6.45) is 5.54. The van der Waals surface area contributed by atoms with Crippen molar-refractivity contribution in [2.75, 3.05) is 6.54 Å². The van der Waals surface area contributed by atoms with Crippen LogP contribution in [0, 0.1) is 0 Å². The van der Waals surface area contributed by atoms with E-state index >= 15 is 0 Å². The molecule has 110 valence electrons. The molecule has 0 fully saturated rings. The van der Waals surface area contributed by atoms with Crippen LogP contribution in [-0.2, 0) is 24.1 Å². The minimum atomic E-state index is -0.803. The molecule has 0 radical (unpaired) electrons. The fraction of sp³-hybridized carbons (Fsp3) is 0.588. The van der Waals surface area contributed by atoms with Gasteiger partial charge in [0.05, 0.1) is 12.0 Å². The molecule has 1 aliphatic rings. The predicted molar refractivity (Wildman–Crippen MR) is 80.7 cm³/mol. The average molecular weight is 275 g/mol. The highest BCUT2D eigenvalue weighted by Crippen LogP contribution is 2.23. The minimum absolute atomic E-state index is 0.0145. The number of nitrogens with one attached hydrogen (secondary N) is 1. The summed E-state index contributed by atoms with van der Waals surface area (Å²) >= 11 is 0. The molecule has 1 aliphatic carbocycles. The molecule has 0 heterocycles. The lowest BCUT2D eigenvalue weighted by Crippen LogP contribution is -2.41. The number of aryl methyl sites for hydroxylation is 2. The summed E-state index contributed by atoms with van der Waals surface area (Å²) in [5.41, 5.74) is 3.09. The van der Waals surface area contributed by atoms with Crippen LogP contribution < -0.4 is 5.32 Å². The van der Waals surface area contributed by atoms with Crippen LogP contribution in [0.25, 0.3) is 0 Å². The Kier molecular flexibility index (Phi) is 4.81. The lowest BCUT2D eigenvalue weighted by atomic mass is 10.0. The zero-order chi connectivity index (χ0) is 14.6. The summed E-state index contributed by atoms with van der Waals surface area (Å²) in [4.78, 5) is 11.9. The van der Waals surface area contributed by atoms with Crippen molar-refractivity contribution >= 4 is 5.91 Å². The monoisotopic (exact) mass is 275 g/mol. The molecular formula is C17H25NO2. The Balaban J connectivity index is 1.85. The largest absolute Gasteiger partial charge is 0.388 e. The van der Waals surface area contributed by atoms with Crippen molar-refractivity contribution in [3.63, 3.8) is 0 Å². The van der Waals surface area contributed by atoms with E-state index in [9.17, 15) is 9.90 Å². The summed E-state index contributed by atoms with van der Waals surface area (Å²) in [6.45, 7) is 4.12. The van der Waals surface area contributed by atoms with E-state index in [2.05, 4.69) is 17.4 Å². The minimum Gasteiger partial charge on any atom is -0.388 e. The zero-order valence-electron chi connectivity index (χ0n) is 12.5. The van der Waals surface area contributed by atoms with Gasteiger partial charge in [0.15, 0.2) is 0 Å². The summed E-state index contributed by atoms with van der Waals surface area (Å²) in [6, 6.07) is 6.36. The second kappa shape index (κ2) is 6.40. The van der Waals surface area contributed by atoms with Crippen LogP contribution in [0.1, 0.15) is 49.8 Å². The SMILES string of the molecule is CCCC(C)(O)CNC(=O)Cc1ccc2c(c1)CCC2. The van der Waals surface area contributed by atoms with E-state index in [4.69, 9.17) is 0 Å². The summed E-state index contributed by atoms with van der Waals surface area (Å²) in [5, 5.41) is 12.9. The quantitative estimate of drug-likeness (QED) is 0.837. The second-order valence-electron chi connectivity index (χ2n) is 6.16. The van der Waals surface area contributed by atoms with Gasteiger partial charge in [-0.05, 0) is 49.3 Å². The number of hydrogen-bond acceptors (Lipinski definition) is 2. The number of benzene rings is 1. The van der Waals surface area contributed by atoms with Gasteiger partial charge in [0.25, 0.3) is 0 Å². The first-order chi connectivity index (χ1) is 9.50. The molecule has 2 rings (SSSR count). The Hall–Kier alpha value is -1.35. The van der Waals surface area contributed by atoms with Gasteiger partial charge >= 0.3 is 0 Å². The first-order valence-corrected chi connectivity index (χ1v) is 7.60.